The summed E-state index contributed by atoms with van der Waals surface area (Å²) in [5.41, 5.74) is 8.71. The van der Waals surface area contributed by atoms with E-state index in [0.717, 1.165) is 5.69 Å². The topological polar surface area (TPSA) is 123 Å². The lowest BCUT2D eigenvalue weighted by Crippen LogP contribution is -2.34. The fourth-order valence-corrected chi connectivity index (χ4v) is 1.12. The van der Waals surface area contributed by atoms with E-state index in [0.29, 0.717) is 5.69 Å². The molecule has 0 aromatic carbocycles. The number of aryl methyl sites for hydroxylation is 1. The summed E-state index contributed by atoms with van der Waals surface area (Å²) in [6, 6.07) is 1.62. The first-order valence-electron chi connectivity index (χ1n) is 4.54. The number of hydrazine groups is 1. The van der Waals surface area contributed by atoms with Crippen LogP contribution in [0.4, 0.5) is 5.69 Å². The standard InChI is InChI=1S/C9H13N5O2/c1-5-2-7(14-11)6(3-12-5)9(16)13-4-8(10)15/h2-3H,4,11H2,1H3,(H2,10,15)(H,12,14)(H,13,16). The summed E-state index contributed by atoms with van der Waals surface area (Å²) in [6.45, 7) is 1.54. The van der Waals surface area contributed by atoms with Crippen LogP contribution in [0, 0.1) is 6.92 Å². The predicted molar refractivity (Wildman–Crippen MR) is 58.3 cm³/mol. The lowest BCUT2D eigenvalue weighted by atomic mass is 10.2. The van der Waals surface area contributed by atoms with Crippen LogP contribution in [-0.2, 0) is 4.79 Å². The van der Waals surface area contributed by atoms with Crippen LogP contribution in [-0.4, -0.2) is 23.3 Å². The summed E-state index contributed by atoms with van der Waals surface area (Å²) in [5.74, 6) is 4.19. The Hall–Kier alpha value is -2.15. The first-order chi connectivity index (χ1) is 7.54. The first kappa shape index (κ1) is 11.9. The van der Waals surface area contributed by atoms with Gasteiger partial charge in [0.1, 0.15) is 0 Å². The maximum Gasteiger partial charge on any atom is 0.255 e. The van der Waals surface area contributed by atoms with E-state index in [-0.39, 0.29) is 12.1 Å². The fourth-order valence-electron chi connectivity index (χ4n) is 1.12. The number of anilines is 1. The van der Waals surface area contributed by atoms with Gasteiger partial charge in [0.05, 0.1) is 17.8 Å². The van der Waals surface area contributed by atoms with Gasteiger partial charge in [-0.15, -0.1) is 0 Å². The molecule has 1 aromatic rings. The zero-order valence-corrected chi connectivity index (χ0v) is 8.78. The molecule has 6 N–H and O–H groups in total. The molecule has 1 rings (SSSR count). The van der Waals surface area contributed by atoms with Gasteiger partial charge in [-0.05, 0) is 13.0 Å². The van der Waals surface area contributed by atoms with Crippen LogP contribution in [0.15, 0.2) is 12.3 Å². The first-order valence-corrected chi connectivity index (χ1v) is 4.54. The Labute approximate surface area is 92.2 Å². The number of rotatable bonds is 4. The van der Waals surface area contributed by atoms with Crippen molar-refractivity contribution in [1.29, 1.82) is 0 Å². The maximum absolute atomic E-state index is 11.6. The molecule has 0 fully saturated rings. The van der Waals surface area contributed by atoms with Crippen molar-refractivity contribution in [2.45, 2.75) is 6.92 Å². The van der Waals surface area contributed by atoms with E-state index in [1.54, 1.807) is 13.0 Å². The SMILES string of the molecule is Cc1cc(NN)c(C(=O)NCC(N)=O)cn1. The Kier molecular flexibility index (Phi) is 3.78. The number of hydrogen-bond acceptors (Lipinski definition) is 5. The summed E-state index contributed by atoms with van der Waals surface area (Å²) < 4.78 is 0. The molecule has 7 heteroatoms. The Balaban J connectivity index is 2.86. The van der Waals surface area contributed by atoms with E-state index in [1.807, 2.05) is 0 Å². The third-order valence-electron chi connectivity index (χ3n) is 1.86. The van der Waals surface area contributed by atoms with Crippen molar-refractivity contribution in [2.75, 3.05) is 12.0 Å². The highest BCUT2D eigenvalue weighted by Crippen LogP contribution is 2.13. The highest BCUT2D eigenvalue weighted by atomic mass is 16.2. The lowest BCUT2D eigenvalue weighted by Gasteiger charge is -2.08. The van der Waals surface area contributed by atoms with E-state index in [4.69, 9.17) is 11.6 Å². The van der Waals surface area contributed by atoms with Crippen LogP contribution in [0.1, 0.15) is 16.1 Å². The molecule has 2 amide bonds. The molecule has 0 radical (unpaired) electrons. The van der Waals surface area contributed by atoms with Crippen molar-refractivity contribution in [3.63, 3.8) is 0 Å². The molecule has 0 spiro atoms. The van der Waals surface area contributed by atoms with E-state index in [9.17, 15) is 9.59 Å². The number of nitrogens with one attached hydrogen (secondary N) is 2. The van der Waals surface area contributed by atoms with E-state index in [1.165, 1.54) is 6.20 Å². The number of nitrogen functional groups attached to an aromatic ring is 1. The van der Waals surface area contributed by atoms with Gasteiger partial charge < -0.3 is 16.5 Å². The molecule has 0 aliphatic heterocycles. The van der Waals surface area contributed by atoms with Crippen molar-refractivity contribution in [3.05, 3.63) is 23.5 Å². The summed E-state index contributed by atoms with van der Waals surface area (Å²) in [7, 11) is 0. The number of carbonyl (C=O) groups is 2. The molecule has 0 aliphatic carbocycles. The normalized spacial score (nSPS) is 9.62. The second kappa shape index (κ2) is 5.08. The minimum absolute atomic E-state index is 0.225. The van der Waals surface area contributed by atoms with Gasteiger partial charge in [-0.3, -0.25) is 20.4 Å². The monoisotopic (exact) mass is 223 g/mol. The molecule has 86 valence electrons. The molecule has 0 saturated heterocycles. The zero-order chi connectivity index (χ0) is 12.1. The van der Waals surface area contributed by atoms with Crippen LogP contribution in [0.5, 0.6) is 0 Å². The molecular formula is C9H13N5O2. The van der Waals surface area contributed by atoms with Crippen molar-refractivity contribution in [1.82, 2.24) is 10.3 Å². The van der Waals surface area contributed by atoms with Crippen LogP contribution >= 0.6 is 0 Å². The number of aromatic nitrogens is 1. The van der Waals surface area contributed by atoms with Gasteiger partial charge in [-0.2, -0.15) is 0 Å². The van der Waals surface area contributed by atoms with Crippen LogP contribution in [0.3, 0.4) is 0 Å². The Morgan fingerprint density at radius 3 is 2.75 bits per heavy atom. The van der Waals surface area contributed by atoms with Crippen LogP contribution in [0.2, 0.25) is 0 Å². The number of primary amides is 1. The van der Waals surface area contributed by atoms with Gasteiger partial charge in [0.2, 0.25) is 5.91 Å². The van der Waals surface area contributed by atoms with Gasteiger partial charge in [0.15, 0.2) is 0 Å². The molecule has 0 aliphatic rings. The molecular weight excluding hydrogens is 210 g/mol. The lowest BCUT2D eigenvalue weighted by molar-refractivity contribution is -0.117. The maximum atomic E-state index is 11.6. The fraction of sp³-hybridized carbons (Fsp3) is 0.222. The number of pyridine rings is 1. The Bertz CT molecular complexity index is 418. The second-order valence-corrected chi connectivity index (χ2v) is 3.16. The average molecular weight is 223 g/mol. The molecule has 0 bridgehead atoms. The Morgan fingerprint density at radius 2 is 2.19 bits per heavy atom. The quantitative estimate of drug-likeness (QED) is 0.380. The number of carbonyl (C=O) groups excluding carboxylic acids is 2. The molecule has 1 heterocycles. The van der Waals surface area contributed by atoms with Gasteiger partial charge in [-0.1, -0.05) is 0 Å². The number of amides is 2. The predicted octanol–water partition coefficient (Wildman–Crippen LogP) is -1.11. The smallest absolute Gasteiger partial charge is 0.255 e. The number of hydrogen-bond donors (Lipinski definition) is 4. The Morgan fingerprint density at radius 1 is 1.50 bits per heavy atom. The molecule has 1 aromatic heterocycles. The zero-order valence-electron chi connectivity index (χ0n) is 8.78. The minimum atomic E-state index is -0.615. The van der Waals surface area contributed by atoms with Crippen molar-refractivity contribution in [3.8, 4) is 0 Å². The average Bonchev–Trinajstić information content (AvgIpc) is 2.25. The second-order valence-electron chi connectivity index (χ2n) is 3.16. The van der Waals surface area contributed by atoms with E-state index < -0.39 is 11.8 Å². The van der Waals surface area contributed by atoms with E-state index in [2.05, 4.69) is 15.7 Å². The number of nitrogens with zero attached hydrogens (tertiary/aromatic N) is 1. The summed E-state index contributed by atoms with van der Waals surface area (Å²) in [5, 5.41) is 2.34. The minimum Gasteiger partial charge on any atom is -0.368 e. The van der Waals surface area contributed by atoms with E-state index >= 15 is 0 Å². The van der Waals surface area contributed by atoms with Gasteiger partial charge in [-0.25, -0.2) is 0 Å². The summed E-state index contributed by atoms with van der Waals surface area (Å²) in [4.78, 5) is 26.0. The van der Waals surface area contributed by atoms with Crippen molar-refractivity contribution >= 4 is 17.5 Å². The molecule has 0 atom stereocenters. The van der Waals surface area contributed by atoms with Gasteiger partial charge >= 0.3 is 0 Å². The molecule has 16 heavy (non-hydrogen) atoms. The summed E-state index contributed by atoms with van der Waals surface area (Å²) in [6.07, 6.45) is 1.38. The molecule has 7 nitrogen and oxygen atoms in total. The van der Waals surface area contributed by atoms with Crippen LogP contribution in [0.25, 0.3) is 0 Å². The van der Waals surface area contributed by atoms with Crippen molar-refractivity contribution < 1.29 is 9.59 Å². The van der Waals surface area contributed by atoms with Crippen LogP contribution < -0.4 is 22.3 Å². The third-order valence-corrected chi connectivity index (χ3v) is 1.86. The number of nitrogens with two attached hydrogens (primary N) is 2. The molecule has 0 saturated carbocycles. The van der Waals surface area contributed by atoms with Crippen molar-refractivity contribution in [2.24, 2.45) is 11.6 Å². The highest BCUT2D eigenvalue weighted by Gasteiger charge is 2.11. The highest BCUT2D eigenvalue weighted by molar-refractivity contribution is 6.00. The third kappa shape index (κ3) is 2.92. The summed E-state index contributed by atoms with van der Waals surface area (Å²) >= 11 is 0. The largest absolute Gasteiger partial charge is 0.368 e. The van der Waals surface area contributed by atoms with Gasteiger partial charge in [0.25, 0.3) is 5.91 Å². The molecule has 0 unspecified atom stereocenters. The van der Waals surface area contributed by atoms with Gasteiger partial charge in [0, 0.05) is 11.9 Å².